The molecule has 12 nitrogen and oxygen atoms in total. The van der Waals surface area contributed by atoms with Crippen LogP contribution in [0.5, 0.6) is 0 Å². The van der Waals surface area contributed by atoms with Gasteiger partial charge in [-0.1, -0.05) is 152 Å². The Morgan fingerprint density at radius 3 is 1.41 bits per heavy atom. The molecule has 56 heavy (non-hydrogen) atoms. The topological polar surface area (TPSA) is 178 Å². The molecular weight excluding hydrogens is 711 g/mol. The minimum atomic E-state index is -1.54. The zero-order chi connectivity index (χ0) is 39.7. The molecule has 0 fully saturated rings. The first-order valence-electron chi connectivity index (χ1n) is 18.2. The first-order valence-corrected chi connectivity index (χ1v) is 18.2. The maximum atomic E-state index is 15.4. The fraction of sp³-hybridized carbons (Fsp3) is 0.205. The molecule has 5 aromatic rings. The Bertz CT molecular complexity index is 1940. The molecule has 0 aromatic heterocycles. The van der Waals surface area contributed by atoms with Crippen LogP contribution < -0.4 is 11.5 Å². The van der Waals surface area contributed by atoms with Gasteiger partial charge >= 0.3 is 12.2 Å². The van der Waals surface area contributed by atoms with Crippen LogP contribution in [0.25, 0.3) is 0 Å². The Kier molecular flexibility index (Phi) is 14.9. The van der Waals surface area contributed by atoms with E-state index in [0.717, 1.165) is 0 Å². The third-order valence-electron chi connectivity index (χ3n) is 9.01. The highest BCUT2D eigenvalue weighted by atomic mass is 16.6. The van der Waals surface area contributed by atoms with Gasteiger partial charge in [0.25, 0.3) is 5.91 Å². The summed E-state index contributed by atoms with van der Waals surface area (Å²) in [5.41, 5.74) is 14.2. The summed E-state index contributed by atoms with van der Waals surface area (Å²) in [6.45, 7) is -1.08. The Morgan fingerprint density at radius 1 is 0.589 bits per heavy atom. The van der Waals surface area contributed by atoms with Crippen molar-refractivity contribution in [3.8, 4) is 0 Å². The predicted octanol–water partition coefficient (Wildman–Crippen LogP) is 6.31. The van der Waals surface area contributed by atoms with E-state index in [1.54, 1.807) is 140 Å². The van der Waals surface area contributed by atoms with E-state index in [-0.39, 0.29) is 43.5 Å². The maximum Gasteiger partial charge on any atom is 0.426 e. The van der Waals surface area contributed by atoms with Crippen LogP contribution in [0.1, 0.15) is 52.6 Å². The second kappa shape index (κ2) is 20.6. The molecule has 0 aliphatic rings. The summed E-state index contributed by atoms with van der Waals surface area (Å²) in [5.74, 6) is -2.82. The fourth-order valence-corrected chi connectivity index (χ4v) is 6.32. The van der Waals surface area contributed by atoms with E-state index in [1.165, 1.54) is 4.90 Å². The predicted molar refractivity (Wildman–Crippen MR) is 212 cm³/mol. The second-order valence-electron chi connectivity index (χ2n) is 12.8. The number of hydrogen-bond donors (Lipinski definition) is 3. The number of nitrogens with zero attached hydrogens (tertiary/aromatic N) is 3. The minimum absolute atomic E-state index is 0.0565. The lowest BCUT2D eigenvalue weighted by Crippen LogP contribution is -2.56. The summed E-state index contributed by atoms with van der Waals surface area (Å²) in [6.07, 6.45) is -2.60. The molecule has 2 atom stereocenters. The smallest absolute Gasteiger partial charge is 0.426 e. The molecule has 5 aromatic carbocycles. The summed E-state index contributed by atoms with van der Waals surface area (Å²) in [4.78, 5) is 64.2. The molecule has 5 rings (SSSR count). The van der Waals surface area contributed by atoms with Crippen molar-refractivity contribution in [3.05, 3.63) is 179 Å². The van der Waals surface area contributed by atoms with E-state index in [9.17, 15) is 14.7 Å². The van der Waals surface area contributed by atoms with Crippen LogP contribution in [0.4, 0.5) is 9.59 Å². The van der Waals surface area contributed by atoms with Gasteiger partial charge in [-0.2, -0.15) is 0 Å². The van der Waals surface area contributed by atoms with E-state index in [4.69, 9.17) is 20.9 Å². The third kappa shape index (κ3) is 10.9. The number of aliphatic hydroxyl groups is 1. The van der Waals surface area contributed by atoms with Crippen LogP contribution in [-0.4, -0.2) is 64.1 Å². The van der Waals surface area contributed by atoms with Crippen LogP contribution in [0.3, 0.4) is 0 Å². The molecule has 288 valence electrons. The number of rotatable bonds is 16. The minimum Gasteiger partial charge on any atom is -0.444 e. The van der Waals surface area contributed by atoms with Crippen molar-refractivity contribution in [2.24, 2.45) is 16.5 Å². The molecule has 0 heterocycles. The van der Waals surface area contributed by atoms with Crippen LogP contribution >= 0.6 is 0 Å². The molecule has 0 saturated carbocycles. The SMILES string of the molecule is NC(N)=NCCC[C@@H](C(=O)N(C(=O)OCc1ccccc1)C(=O)OCc1ccccc1)N(C(=O)C(c1ccccc1)c1ccccc1)C(CO)c1ccccc1. The standard InChI is InChI=1S/C44H45N5O7/c45-42(46)47-28-16-27-37(40(51)49(43(53)55-30-32-17-6-1-7-18-32)44(54)56-31-33-19-8-2-9-20-33)48(38(29-50)34-21-10-3-11-22-34)41(52)39(35-23-12-4-13-24-35)36-25-14-5-15-26-36/h1-15,17-26,37-39,50H,16,27-31H2,(H4,45,46,47)/t37-,38?/m0/s1. The number of benzene rings is 5. The van der Waals surface area contributed by atoms with Gasteiger partial charge in [-0.15, -0.1) is 4.90 Å². The number of hydrogen-bond acceptors (Lipinski definition) is 8. The van der Waals surface area contributed by atoms with Crippen molar-refractivity contribution >= 4 is 30.0 Å². The highest BCUT2D eigenvalue weighted by Gasteiger charge is 2.45. The number of amides is 4. The lowest BCUT2D eigenvalue weighted by Gasteiger charge is -2.40. The lowest BCUT2D eigenvalue weighted by molar-refractivity contribution is -0.148. The van der Waals surface area contributed by atoms with Gasteiger partial charge in [0.1, 0.15) is 19.3 Å². The van der Waals surface area contributed by atoms with Gasteiger partial charge in [0.2, 0.25) is 5.91 Å². The number of guanidine groups is 1. The molecule has 0 aliphatic heterocycles. The van der Waals surface area contributed by atoms with E-state index in [1.807, 2.05) is 12.1 Å². The molecular formula is C44H45N5O7. The Balaban J connectivity index is 1.64. The lowest BCUT2D eigenvalue weighted by atomic mass is 9.88. The number of imide groups is 3. The average Bonchev–Trinajstić information content (AvgIpc) is 3.23. The van der Waals surface area contributed by atoms with Gasteiger partial charge in [0.15, 0.2) is 5.96 Å². The largest absolute Gasteiger partial charge is 0.444 e. The molecule has 0 bridgehead atoms. The molecule has 5 N–H and O–H groups in total. The fourth-order valence-electron chi connectivity index (χ4n) is 6.32. The first-order chi connectivity index (χ1) is 27.3. The van der Waals surface area contributed by atoms with Gasteiger partial charge in [-0.25, -0.2) is 9.59 Å². The van der Waals surface area contributed by atoms with Crippen molar-refractivity contribution in [2.45, 2.75) is 44.1 Å². The summed E-state index contributed by atoms with van der Waals surface area (Å²) < 4.78 is 11.1. The number of carbonyl (C=O) groups excluding carboxylic acids is 4. The van der Waals surface area contributed by atoms with Gasteiger partial charge < -0.3 is 30.9 Å². The Labute approximate surface area is 326 Å². The second-order valence-corrected chi connectivity index (χ2v) is 12.8. The monoisotopic (exact) mass is 755 g/mol. The van der Waals surface area contributed by atoms with Gasteiger partial charge in [-0.3, -0.25) is 14.6 Å². The highest BCUT2D eigenvalue weighted by molar-refractivity contribution is 6.09. The van der Waals surface area contributed by atoms with E-state index < -0.39 is 48.6 Å². The van der Waals surface area contributed by atoms with Crippen molar-refractivity contribution in [2.75, 3.05) is 13.2 Å². The molecule has 1 unspecified atom stereocenters. The zero-order valence-electron chi connectivity index (χ0n) is 30.8. The van der Waals surface area contributed by atoms with Gasteiger partial charge in [0, 0.05) is 6.54 Å². The normalized spacial score (nSPS) is 11.8. The van der Waals surface area contributed by atoms with Crippen molar-refractivity contribution in [3.63, 3.8) is 0 Å². The Hall–Kier alpha value is -6.79. The molecule has 0 aliphatic carbocycles. The molecule has 0 radical (unpaired) electrons. The van der Waals surface area contributed by atoms with Gasteiger partial charge in [0.05, 0.1) is 18.6 Å². The average molecular weight is 756 g/mol. The van der Waals surface area contributed by atoms with Crippen LogP contribution in [0.2, 0.25) is 0 Å². The molecule has 0 saturated heterocycles. The quantitative estimate of drug-likeness (QED) is 0.0592. The summed E-state index contributed by atoms with van der Waals surface area (Å²) in [6, 6.07) is 41.6. The Morgan fingerprint density at radius 2 is 1.00 bits per heavy atom. The first kappa shape index (κ1) is 40.4. The number of carbonyl (C=O) groups is 4. The van der Waals surface area contributed by atoms with Crippen LogP contribution in [0.15, 0.2) is 157 Å². The number of nitrogens with two attached hydrogens (primary N) is 2. The summed E-state index contributed by atoms with van der Waals surface area (Å²) in [5, 5.41) is 11.1. The van der Waals surface area contributed by atoms with Crippen LogP contribution in [0, 0.1) is 0 Å². The zero-order valence-corrected chi connectivity index (χ0v) is 30.8. The number of aliphatic imine (C=N–C) groups is 1. The van der Waals surface area contributed by atoms with Crippen molar-refractivity contribution in [1.29, 1.82) is 0 Å². The summed E-state index contributed by atoms with van der Waals surface area (Å²) >= 11 is 0. The van der Waals surface area contributed by atoms with E-state index in [2.05, 4.69) is 4.99 Å². The molecule has 12 heteroatoms. The highest BCUT2D eigenvalue weighted by Crippen LogP contribution is 2.34. The van der Waals surface area contributed by atoms with E-state index in [0.29, 0.717) is 27.8 Å². The van der Waals surface area contributed by atoms with Crippen molar-refractivity contribution in [1.82, 2.24) is 9.80 Å². The summed E-state index contributed by atoms with van der Waals surface area (Å²) in [7, 11) is 0. The van der Waals surface area contributed by atoms with Crippen molar-refractivity contribution < 1.29 is 33.8 Å². The van der Waals surface area contributed by atoms with E-state index >= 15 is 9.59 Å². The maximum absolute atomic E-state index is 15.4. The number of ether oxygens (including phenoxy) is 2. The molecule has 0 spiro atoms. The van der Waals surface area contributed by atoms with Crippen LogP contribution in [-0.2, 0) is 32.3 Å². The third-order valence-corrected chi connectivity index (χ3v) is 9.01. The molecule has 4 amide bonds. The van der Waals surface area contributed by atoms with Gasteiger partial charge in [-0.05, 0) is 40.7 Å². The number of aliphatic hydroxyl groups excluding tert-OH is 1.